The molecule has 18 heavy (non-hydrogen) atoms. The second-order valence-electron chi connectivity index (χ2n) is 5.55. The lowest BCUT2D eigenvalue weighted by atomic mass is 10.1. The highest BCUT2D eigenvalue weighted by atomic mass is 14.9. The number of rotatable bonds is 13. The van der Waals surface area contributed by atoms with E-state index < -0.39 is 0 Å². The maximum absolute atomic E-state index is 4.12. The minimum atomic E-state index is 0.629. The Morgan fingerprint density at radius 3 is 2.33 bits per heavy atom. The SMILES string of the molecule is C=C(CCCCCCCNC(C)C)CNCCC. The average Bonchev–Trinajstić information content (AvgIpc) is 2.32. The molecule has 0 aromatic carbocycles. The van der Waals surface area contributed by atoms with Gasteiger partial charge in [-0.1, -0.05) is 52.2 Å². The first-order chi connectivity index (χ1) is 8.66. The molecule has 108 valence electrons. The minimum absolute atomic E-state index is 0.629. The summed E-state index contributed by atoms with van der Waals surface area (Å²) in [6.45, 7) is 14.0. The van der Waals surface area contributed by atoms with Gasteiger partial charge in [0.25, 0.3) is 0 Å². The van der Waals surface area contributed by atoms with Crippen LogP contribution in [0.25, 0.3) is 0 Å². The molecular formula is C16H34N2. The highest BCUT2D eigenvalue weighted by Crippen LogP contribution is 2.09. The summed E-state index contributed by atoms with van der Waals surface area (Å²) in [5, 5.41) is 6.87. The molecule has 0 atom stereocenters. The Morgan fingerprint density at radius 1 is 1.00 bits per heavy atom. The summed E-state index contributed by atoms with van der Waals surface area (Å²) in [5.74, 6) is 0. The van der Waals surface area contributed by atoms with Gasteiger partial charge in [0.15, 0.2) is 0 Å². The third kappa shape index (κ3) is 13.7. The van der Waals surface area contributed by atoms with Gasteiger partial charge in [0, 0.05) is 12.6 Å². The van der Waals surface area contributed by atoms with Crippen molar-refractivity contribution < 1.29 is 0 Å². The predicted molar refractivity (Wildman–Crippen MR) is 83.1 cm³/mol. The fourth-order valence-electron chi connectivity index (χ4n) is 1.95. The number of unbranched alkanes of at least 4 members (excludes halogenated alkanes) is 4. The van der Waals surface area contributed by atoms with E-state index in [0.29, 0.717) is 6.04 Å². The van der Waals surface area contributed by atoms with Crippen LogP contribution in [0.2, 0.25) is 0 Å². The molecule has 0 aliphatic rings. The van der Waals surface area contributed by atoms with Crippen LogP contribution in [0.5, 0.6) is 0 Å². The van der Waals surface area contributed by atoms with Gasteiger partial charge in [0.2, 0.25) is 0 Å². The Bertz CT molecular complexity index is 188. The van der Waals surface area contributed by atoms with E-state index in [4.69, 9.17) is 0 Å². The zero-order chi connectivity index (χ0) is 13.6. The molecule has 2 N–H and O–H groups in total. The third-order valence-corrected chi connectivity index (χ3v) is 3.06. The summed E-state index contributed by atoms with van der Waals surface area (Å²) in [5.41, 5.74) is 1.37. The molecule has 0 aromatic heterocycles. The van der Waals surface area contributed by atoms with Crippen molar-refractivity contribution in [1.29, 1.82) is 0 Å². The molecule has 0 saturated carbocycles. The van der Waals surface area contributed by atoms with Gasteiger partial charge in [0.1, 0.15) is 0 Å². The van der Waals surface area contributed by atoms with E-state index >= 15 is 0 Å². The van der Waals surface area contributed by atoms with Crippen LogP contribution in [0, 0.1) is 0 Å². The van der Waals surface area contributed by atoms with Crippen LogP contribution in [-0.2, 0) is 0 Å². The van der Waals surface area contributed by atoms with Crippen molar-refractivity contribution in [2.75, 3.05) is 19.6 Å². The van der Waals surface area contributed by atoms with E-state index in [-0.39, 0.29) is 0 Å². The fourth-order valence-corrected chi connectivity index (χ4v) is 1.95. The van der Waals surface area contributed by atoms with Crippen LogP contribution in [0.15, 0.2) is 12.2 Å². The van der Waals surface area contributed by atoms with Crippen LogP contribution in [0.1, 0.15) is 65.7 Å². The first kappa shape index (κ1) is 17.7. The van der Waals surface area contributed by atoms with Crippen molar-refractivity contribution >= 4 is 0 Å². The summed E-state index contributed by atoms with van der Waals surface area (Å²) >= 11 is 0. The highest BCUT2D eigenvalue weighted by Gasteiger charge is 1.96. The number of nitrogens with one attached hydrogen (secondary N) is 2. The molecule has 0 heterocycles. The van der Waals surface area contributed by atoms with Gasteiger partial charge in [-0.15, -0.1) is 0 Å². The van der Waals surface area contributed by atoms with Gasteiger partial charge < -0.3 is 10.6 Å². The Hall–Kier alpha value is -0.340. The zero-order valence-electron chi connectivity index (χ0n) is 12.9. The highest BCUT2D eigenvalue weighted by molar-refractivity contribution is 4.96. The van der Waals surface area contributed by atoms with Crippen LogP contribution < -0.4 is 10.6 Å². The van der Waals surface area contributed by atoms with E-state index in [1.165, 1.54) is 57.1 Å². The average molecular weight is 254 g/mol. The molecule has 2 heteroatoms. The second-order valence-corrected chi connectivity index (χ2v) is 5.55. The maximum atomic E-state index is 4.12. The Morgan fingerprint density at radius 2 is 1.67 bits per heavy atom. The normalized spacial score (nSPS) is 11.1. The van der Waals surface area contributed by atoms with Crippen molar-refractivity contribution in [1.82, 2.24) is 10.6 Å². The molecule has 0 radical (unpaired) electrons. The molecule has 2 nitrogen and oxygen atoms in total. The van der Waals surface area contributed by atoms with Gasteiger partial charge in [-0.3, -0.25) is 0 Å². The number of hydrogen-bond acceptors (Lipinski definition) is 2. The molecular weight excluding hydrogens is 220 g/mol. The van der Waals surface area contributed by atoms with Gasteiger partial charge in [-0.2, -0.15) is 0 Å². The van der Waals surface area contributed by atoms with Gasteiger partial charge >= 0.3 is 0 Å². The smallest absolute Gasteiger partial charge is 0.0161 e. The van der Waals surface area contributed by atoms with Crippen LogP contribution in [0.3, 0.4) is 0 Å². The van der Waals surface area contributed by atoms with Gasteiger partial charge in [-0.25, -0.2) is 0 Å². The standard InChI is InChI=1S/C16H34N2/c1-5-12-17-14-16(4)11-9-7-6-8-10-13-18-15(2)3/h15,17-18H,4-14H2,1-3H3. The van der Waals surface area contributed by atoms with E-state index in [1.54, 1.807) is 0 Å². The molecule has 0 bridgehead atoms. The van der Waals surface area contributed by atoms with Crippen molar-refractivity contribution in [3.63, 3.8) is 0 Å². The third-order valence-electron chi connectivity index (χ3n) is 3.06. The molecule has 0 aliphatic heterocycles. The van der Waals surface area contributed by atoms with E-state index in [9.17, 15) is 0 Å². The summed E-state index contributed by atoms with van der Waals surface area (Å²) in [6, 6.07) is 0.629. The molecule has 0 saturated heterocycles. The van der Waals surface area contributed by atoms with E-state index in [1.807, 2.05) is 0 Å². The molecule has 0 aromatic rings. The lowest BCUT2D eigenvalue weighted by Crippen LogP contribution is -2.23. The summed E-state index contributed by atoms with van der Waals surface area (Å²) < 4.78 is 0. The van der Waals surface area contributed by atoms with Crippen molar-refractivity contribution in [3.8, 4) is 0 Å². The summed E-state index contributed by atoms with van der Waals surface area (Å²) in [6.07, 6.45) is 9.12. The topological polar surface area (TPSA) is 24.1 Å². The molecule has 0 fully saturated rings. The van der Waals surface area contributed by atoms with Crippen LogP contribution in [-0.4, -0.2) is 25.7 Å². The van der Waals surface area contributed by atoms with Crippen molar-refractivity contribution in [2.24, 2.45) is 0 Å². The Labute approximate surface area is 115 Å². The quantitative estimate of drug-likeness (QED) is 0.385. The van der Waals surface area contributed by atoms with E-state index in [0.717, 1.165) is 13.1 Å². The molecule has 0 rings (SSSR count). The lowest BCUT2D eigenvalue weighted by Gasteiger charge is -2.08. The van der Waals surface area contributed by atoms with Gasteiger partial charge in [0.05, 0.1) is 0 Å². The molecule has 0 amide bonds. The molecule has 0 aliphatic carbocycles. The first-order valence-corrected chi connectivity index (χ1v) is 7.77. The molecule has 0 unspecified atom stereocenters. The Kier molecular flexibility index (Phi) is 12.9. The largest absolute Gasteiger partial charge is 0.315 e. The zero-order valence-corrected chi connectivity index (χ0v) is 12.9. The monoisotopic (exact) mass is 254 g/mol. The summed E-state index contributed by atoms with van der Waals surface area (Å²) in [7, 11) is 0. The second kappa shape index (κ2) is 13.1. The van der Waals surface area contributed by atoms with Crippen molar-refractivity contribution in [3.05, 3.63) is 12.2 Å². The number of hydrogen-bond donors (Lipinski definition) is 2. The van der Waals surface area contributed by atoms with Crippen LogP contribution in [0.4, 0.5) is 0 Å². The fraction of sp³-hybridized carbons (Fsp3) is 0.875. The first-order valence-electron chi connectivity index (χ1n) is 7.77. The van der Waals surface area contributed by atoms with Crippen molar-refractivity contribution in [2.45, 2.75) is 71.8 Å². The summed E-state index contributed by atoms with van der Waals surface area (Å²) in [4.78, 5) is 0. The minimum Gasteiger partial charge on any atom is -0.315 e. The Balaban J connectivity index is 3.12. The van der Waals surface area contributed by atoms with E-state index in [2.05, 4.69) is 38.0 Å². The maximum Gasteiger partial charge on any atom is 0.0161 e. The van der Waals surface area contributed by atoms with Gasteiger partial charge in [-0.05, 0) is 38.8 Å². The lowest BCUT2D eigenvalue weighted by molar-refractivity contribution is 0.535. The predicted octanol–water partition coefficient (Wildman–Crippen LogP) is 3.88. The molecule has 0 spiro atoms. The van der Waals surface area contributed by atoms with Crippen LogP contribution >= 0.6 is 0 Å².